The summed E-state index contributed by atoms with van der Waals surface area (Å²) in [6.07, 6.45) is 1.88. The number of amides is 1. The minimum absolute atomic E-state index is 0.133. The lowest BCUT2D eigenvalue weighted by Gasteiger charge is -2.32. The standard InChI is InChI=1S/C23H29FN6O3/c1-14(2)19-17-4-3-5-18(24)20(17)30(26-19)22-25-21(33-27-22)16-7-9-28(10-8-16)12-15-6-11-29(13-15)23(31)32/h3-5,14-16H,6-13H2,1-2H3,(H,31,32)/t15-/m1/s1. The van der Waals surface area contributed by atoms with Gasteiger partial charge < -0.3 is 19.4 Å². The van der Waals surface area contributed by atoms with Crippen LogP contribution in [-0.4, -0.2) is 73.6 Å². The van der Waals surface area contributed by atoms with E-state index in [0.29, 0.717) is 30.4 Å². The molecule has 3 aromatic rings. The van der Waals surface area contributed by atoms with E-state index in [1.807, 2.05) is 19.9 Å². The van der Waals surface area contributed by atoms with Crippen molar-refractivity contribution in [2.75, 3.05) is 32.7 Å². The Hall–Kier alpha value is -3.01. The highest BCUT2D eigenvalue weighted by Gasteiger charge is 2.31. The molecule has 1 aromatic carbocycles. The summed E-state index contributed by atoms with van der Waals surface area (Å²) in [5, 5.41) is 18.6. The molecular weight excluding hydrogens is 427 g/mol. The Balaban J connectivity index is 1.27. The monoisotopic (exact) mass is 456 g/mol. The number of likely N-dealkylation sites (tertiary alicyclic amines) is 2. The summed E-state index contributed by atoms with van der Waals surface area (Å²) in [5.74, 6) is 1.14. The van der Waals surface area contributed by atoms with Crippen LogP contribution in [0.3, 0.4) is 0 Å². The molecule has 2 saturated heterocycles. The minimum atomic E-state index is -0.825. The third-order valence-electron chi connectivity index (χ3n) is 6.86. The summed E-state index contributed by atoms with van der Waals surface area (Å²) in [7, 11) is 0. The fourth-order valence-electron chi connectivity index (χ4n) is 5.08. The van der Waals surface area contributed by atoms with Crippen molar-refractivity contribution in [3.63, 3.8) is 0 Å². The summed E-state index contributed by atoms with van der Waals surface area (Å²) in [6.45, 7) is 8.03. The second kappa shape index (κ2) is 8.74. The van der Waals surface area contributed by atoms with Crippen molar-refractivity contribution in [2.45, 2.75) is 44.9 Å². The molecule has 1 N–H and O–H groups in total. The number of rotatable bonds is 5. The summed E-state index contributed by atoms with van der Waals surface area (Å²) in [4.78, 5) is 19.6. The zero-order valence-corrected chi connectivity index (χ0v) is 18.9. The number of benzene rings is 1. The van der Waals surface area contributed by atoms with Crippen LogP contribution in [0.4, 0.5) is 9.18 Å². The average molecular weight is 457 g/mol. The molecule has 1 atom stereocenters. The summed E-state index contributed by atoms with van der Waals surface area (Å²) >= 11 is 0. The molecule has 33 heavy (non-hydrogen) atoms. The van der Waals surface area contributed by atoms with Gasteiger partial charge in [0.25, 0.3) is 5.95 Å². The number of carboxylic acid groups (broad SMARTS) is 1. The van der Waals surface area contributed by atoms with Gasteiger partial charge in [0.1, 0.15) is 11.3 Å². The molecule has 0 aliphatic carbocycles. The van der Waals surface area contributed by atoms with Crippen LogP contribution in [0.1, 0.15) is 56.5 Å². The molecule has 2 fully saturated rings. The van der Waals surface area contributed by atoms with Crippen molar-refractivity contribution in [1.29, 1.82) is 0 Å². The van der Waals surface area contributed by atoms with Crippen LogP contribution < -0.4 is 0 Å². The summed E-state index contributed by atoms with van der Waals surface area (Å²) in [6, 6.07) is 4.98. The molecular formula is C23H29FN6O3. The van der Waals surface area contributed by atoms with Crippen molar-refractivity contribution in [2.24, 2.45) is 5.92 Å². The fourth-order valence-corrected chi connectivity index (χ4v) is 5.08. The predicted molar refractivity (Wildman–Crippen MR) is 119 cm³/mol. The van der Waals surface area contributed by atoms with Gasteiger partial charge in [0.2, 0.25) is 5.89 Å². The van der Waals surface area contributed by atoms with Gasteiger partial charge >= 0.3 is 6.09 Å². The Morgan fingerprint density at radius 3 is 2.73 bits per heavy atom. The van der Waals surface area contributed by atoms with E-state index < -0.39 is 6.09 Å². The first-order valence-electron chi connectivity index (χ1n) is 11.6. The number of aromatic nitrogens is 4. The largest absolute Gasteiger partial charge is 0.465 e. The number of halogens is 1. The van der Waals surface area contributed by atoms with Crippen molar-refractivity contribution >= 4 is 17.0 Å². The van der Waals surface area contributed by atoms with E-state index in [4.69, 9.17) is 9.63 Å². The number of para-hydroxylation sites is 1. The Morgan fingerprint density at radius 2 is 2.03 bits per heavy atom. The zero-order chi connectivity index (χ0) is 23.1. The molecule has 0 spiro atoms. The Labute approximate surface area is 191 Å². The van der Waals surface area contributed by atoms with Gasteiger partial charge in [-0.15, -0.1) is 0 Å². The lowest BCUT2D eigenvalue weighted by atomic mass is 9.95. The van der Waals surface area contributed by atoms with Crippen molar-refractivity contribution in [3.8, 4) is 5.95 Å². The average Bonchev–Trinajstić information content (AvgIpc) is 3.53. The highest BCUT2D eigenvalue weighted by atomic mass is 19.1. The molecule has 10 heteroatoms. The number of nitrogens with zero attached hydrogens (tertiary/aromatic N) is 6. The van der Waals surface area contributed by atoms with E-state index in [-0.39, 0.29) is 23.6 Å². The molecule has 0 unspecified atom stereocenters. The second-order valence-corrected chi connectivity index (χ2v) is 9.48. The molecule has 2 aromatic heterocycles. The van der Waals surface area contributed by atoms with E-state index in [1.165, 1.54) is 15.6 Å². The Kier molecular flexibility index (Phi) is 5.77. The Bertz CT molecular complexity index is 1150. The smallest absolute Gasteiger partial charge is 0.407 e. The molecule has 0 saturated carbocycles. The molecule has 0 bridgehead atoms. The first-order chi connectivity index (χ1) is 15.9. The second-order valence-electron chi connectivity index (χ2n) is 9.48. The third-order valence-corrected chi connectivity index (χ3v) is 6.86. The molecule has 9 nitrogen and oxygen atoms in total. The first kappa shape index (κ1) is 21.8. The van der Waals surface area contributed by atoms with E-state index >= 15 is 0 Å². The molecule has 2 aliphatic rings. The van der Waals surface area contributed by atoms with Crippen LogP contribution in [0.5, 0.6) is 0 Å². The molecule has 2 aliphatic heterocycles. The topological polar surface area (TPSA) is 101 Å². The molecule has 4 heterocycles. The molecule has 0 radical (unpaired) electrons. The van der Waals surface area contributed by atoms with Gasteiger partial charge in [-0.25, -0.2) is 9.18 Å². The van der Waals surface area contributed by atoms with E-state index in [1.54, 1.807) is 6.07 Å². The van der Waals surface area contributed by atoms with Gasteiger partial charge in [0.15, 0.2) is 0 Å². The SMILES string of the molecule is CC(C)c1nn(-c2noc(C3CCN(C[C@H]4CCN(C(=O)O)C4)CC3)n2)c2c(F)cccc12. The Morgan fingerprint density at radius 1 is 1.24 bits per heavy atom. The number of fused-ring (bicyclic) bond motifs is 1. The highest BCUT2D eigenvalue weighted by molar-refractivity contribution is 5.84. The maximum Gasteiger partial charge on any atom is 0.407 e. The maximum absolute atomic E-state index is 14.7. The highest BCUT2D eigenvalue weighted by Crippen LogP contribution is 2.31. The van der Waals surface area contributed by atoms with Gasteiger partial charge in [-0.05, 0) is 55.4 Å². The van der Waals surface area contributed by atoms with Crippen LogP contribution in [0.2, 0.25) is 0 Å². The number of piperidine rings is 1. The van der Waals surface area contributed by atoms with Gasteiger partial charge in [-0.3, -0.25) is 0 Å². The van der Waals surface area contributed by atoms with E-state index in [2.05, 4.69) is 20.1 Å². The van der Waals surface area contributed by atoms with Crippen LogP contribution in [0, 0.1) is 11.7 Å². The van der Waals surface area contributed by atoms with Crippen LogP contribution in [0.15, 0.2) is 22.7 Å². The van der Waals surface area contributed by atoms with Gasteiger partial charge in [0.05, 0.1) is 5.69 Å². The van der Waals surface area contributed by atoms with Gasteiger partial charge in [-0.2, -0.15) is 14.8 Å². The molecule has 1 amide bonds. The fraction of sp³-hybridized carbons (Fsp3) is 0.565. The van der Waals surface area contributed by atoms with Gasteiger partial charge in [0, 0.05) is 30.9 Å². The van der Waals surface area contributed by atoms with Crippen LogP contribution >= 0.6 is 0 Å². The molecule has 5 rings (SSSR count). The zero-order valence-electron chi connectivity index (χ0n) is 18.9. The first-order valence-corrected chi connectivity index (χ1v) is 11.6. The van der Waals surface area contributed by atoms with Crippen molar-refractivity contribution in [3.05, 3.63) is 35.6 Å². The lowest BCUT2D eigenvalue weighted by molar-refractivity contribution is 0.147. The molecule has 176 valence electrons. The van der Waals surface area contributed by atoms with E-state index in [0.717, 1.165) is 50.0 Å². The third kappa shape index (κ3) is 4.19. The normalized spacial score (nSPS) is 20.4. The van der Waals surface area contributed by atoms with Crippen LogP contribution in [0.25, 0.3) is 16.9 Å². The predicted octanol–water partition coefficient (Wildman–Crippen LogP) is 3.85. The summed E-state index contributed by atoms with van der Waals surface area (Å²) < 4.78 is 21.7. The quantitative estimate of drug-likeness (QED) is 0.622. The van der Waals surface area contributed by atoms with E-state index in [9.17, 15) is 9.18 Å². The summed E-state index contributed by atoms with van der Waals surface area (Å²) in [5.41, 5.74) is 1.17. The number of hydrogen-bond acceptors (Lipinski definition) is 6. The van der Waals surface area contributed by atoms with Crippen LogP contribution in [-0.2, 0) is 0 Å². The van der Waals surface area contributed by atoms with Crippen molar-refractivity contribution in [1.82, 2.24) is 29.7 Å². The van der Waals surface area contributed by atoms with Crippen molar-refractivity contribution < 1.29 is 18.8 Å². The maximum atomic E-state index is 14.7. The minimum Gasteiger partial charge on any atom is -0.465 e. The van der Waals surface area contributed by atoms with Gasteiger partial charge in [-0.1, -0.05) is 26.0 Å². The number of carbonyl (C=O) groups is 1. The lowest BCUT2D eigenvalue weighted by Crippen LogP contribution is -2.37. The number of hydrogen-bond donors (Lipinski definition) is 1.